The van der Waals surface area contributed by atoms with Crippen molar-refractivity contribution < 1.29 is 4.74 Å². The third kappa shape index (κ3) is 3.14. The van der Waals surface area contributed by atoms with E-state index < -0.39 is 0 Å². The third-order valence-electron chi connectivity index (χ3n) is 3.73. The number of hydrogen-bond donors (Lipinski definition) is 1. The highest BCUT2D eigenvalue weighted by molar-refractivity contribution is 9.10. The second kappa shape index (κ2) is 6.29. The topological polar surface area (TPSA) is 21.3 Å². The van der Waals surface area contributed by atoms with Crippen LogP contribution in [0.2, 0.25) is 5.02 Å². The Hall–Kier alpha value is -0.550. The van der Waals surface area contributed by atoms with Crippen LogP contribution < -0.4 is 10.1 Å². The maximum atomic E-state index is 6.21. The molecular formula is C16H14Br2ClNO. The molecule has 2 unspecified atom stereocenters. The maximum Gasteiger partial charge on any atom is 0.127 e. The van der Waals surface area contributed by atoms with E-state index in [1.807, 2.05) is 37.4 Å². The van der Waals surface area contributed by atoms with E-state index in [9.17, 15) is 0 Å². The van der Waals surface area contributed by atoms with Crippen LogP contribution >= 0.6 is 43.5 Å². The van der Waals surface area contributed by atoms with Gasteiger partial charge in [0, 0.05) is 37.6 Å². The number of nitrogens with one attached hydrogen (secondary N) is 1. The van der Waals surface area contributed by atoms with Crippen LogP contribution in [0.5, 0.6) is 5.75 Å². The molecule has 2 nitrogen and oxygen atoms in total. The fourth-order valence-electron chi connectivity index (χ4n) is 2.67. The lowest BCUT2D eigenvalue weighted by molar-refractivity contribution is 0.153. The summed E-state index contributed by atoms with van der Waals surface area (Å²) < 4.78 is 8.21. The van der Waals surface area contributed by atoms with Crippen molar-refractivity contribution in [1.29, 1.82) is 0 Å². The molecule has 0 saturated heterocycles. The molecule has 1 aliphatic rings. The highest BCUT2D eigenvalue weighted by Crippen LogP contribution is 2.43. The summed E-state index contributed by atoms with van der Waals surface area (Å²) in [6, 6.07) is 12.3. The van der Waals surface area contributed by atoms with E-state index in [-0.39, 0.29) is 12.1 Å². The van der Waals surface area contributed by atoms with Crippen LogP contribution in [0.25, 0.3) is 0 Å². The fourth-order valence-corrected chi connectivity index (χ4v) is 3.95. The van der Waals surface area contributed by atoms with Gasteiger partial charge in [-0.3, -0.25) is 0 Å². The van der Waals surface area contributed by atoms with Crippen molar-refractivity contribution in [2.45, 2.75) is 18.6 Å². The first kappa shape index (κ1) is 15.3. The SMILES string of the molecule is CNC1CC(c2ccc(Cl)cc2Br)Oc2cc(Br)ccc21. The van der Waals surface area contributed by atoms with E-state index in [0.29, 0.717) is 0 Å². The number of fused-ring (bicyclic) bond motifs is 1. The molecule has 0 spiro atoms. The zero-order valence-corrected chi connectivity index (χ0v) is 15.3. The highest BCUT2D eigenvalue weighted by Gasteiger charge is 2.29. The fraction of sp³-hybridized carbons (Fsp3) is 0.250. The Labute approximate surface area is 146 Å². The summed E-state index contributed by atoms with van der Waals surface area (Å²) in [5.41, 5.74) is 2.31. The quantitative estimate of drug-likeness (QED) is 0.664. The normalized spacial score (nSPS) is 20.8. The summed E-state index contributed by atoms with van der Waals surface area (Å²) in [6.45, 7) is 0. The zero-order chi connectivity index (χ0) is 15.0. The largest absolute Gasteiger partial charge is 0.485 e. The first-order valence-corrected chi connectivity index (χ1v) is 8.63. The molecule has 0 fully saturated rings. The van der Waals surface area contributed by atoms with Gasteiger partial charge in [0.1, 0.15) is 11.9 Å². The van der Waals surface area contributed by atoms with Gasteiger partial charge in [-0.05, 0) is 31.3 Å². The molecule has 1 heterocycles. The van der Waals surface area contributed by atoms with Gasteiger partial charge in [0.15, 0.2) is 0 Å². The summed E-state index contributed by atoms with van der Waals surface area (Å²) in [4.78, 5) is 0. The molecular weight excluding hydrogens is 417 g/mol. The van der Waals surface area contributed by atoms with Crippen molar-refractivity contribution in [3.63, 3.8) is 0 Å². The predicted octanol–water partition coefficient (Wildman–Crippen LogP) is 5.65. The number of ether oxygens (including phenoxy) is 1. The minimum absolute atomic E-state index is 0.00380. The van der Waals surface area contributed by atoms with Crippen molar-refractivity contribution in [3.05, 3.63) is 61.5 Å². The van der Waals surface area contributed by atoms with Crippen molar-refractivity contribution in [2.75, 3.05) is 7.05 Å². The molecule has 0 aromatic heterocycles. The number of hydrogen-bond acceptors (Lipinski definition) is 2. The van der Waals surface area contributed by atoms with Gasteiger partial charge in [-0.1, -0.05) is 55.6 Å². The van der Waals surface area contributed by atoms with Gasteiger partial charge in [-0.2, -0.15) is 0 Å². The lowest BCUT2D eigenvalue weighted by atomic mass is 9.93. The monoisotopic (exact) mass is 429 g/mol. The maximum absolute atomic E-state index is 6.21. The molecule has 2 aromatic rings. The second-order valence-electron chi connectivity index (χ2n) is 5.03. The van der Waals surface area contributed by atoms with Crippen LogP contribution in [-0.4, -0.2) is 7.05 Å². The van der Waals surface area contributed by atoms with E-state index in [4.69, 9.17) is 16.3 Å². The smallest absolute Gasteiger partial charge is 0.127 e. The third-order valence-corrected chi connectivity index (χ3v) is 5.14. The van der Waals surface area contributed by atoms with Crippen LogP contribution in [0, 0.1) is 0 Å². The first-order valence-electron chi connectivity index (χ1n) is 6.67. The Morgan fingerprint density at radius 3 is 2.62 bits per heavy atom. The molecule has 1 aliphatic heterocycles. The van der Waals surface area contributed by atoms with Crippen LogP contribution in [0.4, 0.5) is 0 Å². The van der Waals surface area contributed by atoms with Gasteiger partial charge in [0.25, 0.3) is 0 Å². The average Bonchev–Trinajstić information content (AvgIpc) is 2.45. The van der Waals surface area contributed by atoms with Gasteiger partial charge in [0.05, 0.1) is 0 Å². The van der Waals surface area contributed by atoms with Gasteiger partial charge in [-0.15, -0.1) is 0 Å². The van der Waals surface area contributed by atoms with Gasteiger partial charge in [0.2, 0.25) is 0 Å². The molecule has 0 bridgehead atoms. The van der Waals surface area contributed by atoms with Crippen LogP contribution in [0.3, 0.4) is 0 Å². The molecule has 2 aromatic carbocycles. The molecule has 0 aliphatic carbocycles. The Morgan fingerprint density at radius 2 is 1.90 bits per heavy atom. The molecule has 0 saturated carbocycles. The highest BCUT2D eigenvalue weighted by atomic mass is 79.9. The van der Waals surface area contributed by atoms with Crippen molar-refractivity contribution in [3.8, 4) is 5.75 Å². The Kier molecular flexibility index (Phi) is 4.60. The molecule has 21 heavy (non-hydrogen) atoms. The van der Waals surface area contributed by atoms with E-state index in [2.05, 4.69) is 43.2 Å². The predicted molar refractivity (Wildman–Crippen MR) is 93.1 cm³/mol. The molecule has 0 amide bonds. The van der Waals surface area contributed by atoms with Crippen molar-refractivity contribution in [1.82, 2.24) is 5.32 Å². The summed E-state index contributed by atoms with van der Waals surface area (Å²) in [5.74, 6) is 0.918. The Bertz CT molecular complexity index is 677. The molecule has 3 rings (SSSR count). The van der Waals surface area contributed by atoms with E-state index in [1.165, 1.54) is 5.56 Å². The summed E-state index contributed by atoms with van der Waals surface area (Å²) in [5, 5.41) is 4.09. The molecule has 2 atom stereocenters. The zero-order valence-electron chi connectivity index (χ0n) is 11.4. The summed E-state index contributed by atoms with van der Waals surface area (Å²) in [6.07, 6.45) is 0.877. The minimum atomic E-state index is -0.00380. The lowest BCUT2D eigenvalue weighted by Gasteiger charge is -2.33. The number of rotatable bonds is 2. The molecule has 5 heteroatoms. The van der Waals surface area contributed by atoms with Crippen molar-refractivity contribution >= 4 is 43.5 Å². The van der Waals surface area contributed by atoms with Crippen LogP contribution in [0.1, 0.15) is 29.7 Å². The van der Waals surface area contributed by atoms with Crippen molar-refractivity contribution in [2.24, 2.45) is 0 Å². The number of benzene rings is 2. The molecule has 1 N–H and O–H groups in total. The minimum Gasteiger partial charge on any atom is -0.485 e. The van der Waals surface area contributed by atoms with E-state index >= 15 is 0 Å². The Morgan fingerprint density at radius 1 is 1.14 bits per heavy atom. The second-order valence-corrected chi connectivity index (χ2v) is 7.24. The standard InChI is InChI=1S/C16H14Br2ClNO/c1-20-14-8-16(11-5-3-10(19)7-13(11)18)21-15-6-9(17)2-4-12(14)15/h2-7,14,16,20H,8H2,1H3. The van der Waals surface area contributed by atoms with E-state index in [0.717, 1.165) is 31.7 Å². The number of halogens is 3. The summed E-state index contributed by atoms with van der Waals surface area (Å²) in [7, 11) is 1.98. The lowest BCUT2D eigenvalue weighted by Crippen LogP contribution is -2.26. The van der Waals surface area contributed by atoms with Crippen LogP contribution in [0.15, 0.2) is 45.3 Å². The van der Waals surface area contributed by atoms with Crippen LogP contribution in [-0.2, 0) is 0 Å². The molecule has 0 radical (unpaired) electrons. The van der Waals surface area contributed by atoms with Gasteiger partial charge >= 0.3 is 0 Å². The average molecular weight is 432 g/mol. The van der Waals surface area contributed by atoms with Gasteiger partial charge in [-0.25, -0.2) is 0 Å². The molecule has 110 valence electrons. The summed E-state index contributed by atoms with van der Waals surface area (Å²) >= 11 is 13.1. The first-order chi connectivity index (χ1) is 10.1. The van der Waals surface area contributed by atoms with Gasteiger partial charge < -0.3 is 10.1 Å². The Balaban J connectivity index is 1.99. The van der Waals surface area contributed by atoms with E-state index in [1.54, 1.807) is 0 Å².